The molecule has 2 fully saturated rings. The average molecular weight is 350 g/mol. The van der Waals surface area contributed by atoms with Gasteiger partial charge in [0.05, 0.1) is 11.2 Å². The van der Waals surface area contributed by atoms with Crippen LogP contribution in [-0.4, -0.2) is 52.8 Å². The van der Waals surface area contributed by atoms with E-state index in [1.165, 1.54) is 11.3 Å². The maximum absolute atomic E-state index is 12.7. The van der Waals surface area contributed by atoms with Crippen molar-refractivity contribution in [1.29, 1.82) is 0 Å². The Labute approximate surface area is 148 Å². The number of amides is 2. The van der Waals surface area contributed by atoms with Crippen molar-refractivity contribution in [2.75, 3.05) is 26.2 Å². The van der Waals surface area contributed by atoms with E-state index in [0.29, 0.717) is 23.9 Å². The average Bonchev–Trinajstić information content (AvgIpc) is 3.24. The van der Waals surface area contributed by atoms with Crippen LogP contribution in [0.5, 0.6) is 0 Å². The van der Waals surface area contributed by atoms with Crippen molar-refractivity contribution in [2.24, 2.45) is 5.92 Å². The van der Waals surface area contributed by atoms with Crippen molar-refractivity contribution in [3.8, 4) is 0 Å². The zero-order chi connectivity index (χ0) is 17.3. The number of carbonyl (C=O) groups excluding carboxylic acids is 2. The smallest absolute Gasteiger partial charge is 0.265 e. The number of thiazole rings is 1. The van der Waals surface area contributed by atoms with Crippen LogP contribution >= 0.6 is 11.3 Å². The maximum Gasteiger partial charge on any atom is 0.265 e. The molecule has 132 valence electrons. The molecular formula is C18H27N3O2S. The number of nitrogens with zero attached hydrogens (tertiary/aromatic N) is 3. The molecule has 2 saturated heterocycles. The van der Waals surface area contributed by atoms with Crippen LogP contribution in [0.3, 0.4) is 0 Å². The molecule has 0 aromatic carbocycles. The third-order valence-electron chi connectivity index (χ3n) is 4.91. The lowest BCUT2D eigenvalue weighted by atomic mass is 9.95. The minimum absolute atomic E-state index is 0.0294. The molecule has 0 unspecified atom stereocenters. The van der Waals surface area contributed by atoms with Crippen molar-refractivity contribution in [1.82, 2.24) is 14.8 Å². The van der Waals surface area contributed by atoms with Gasteiger partial charge >= 0.3 is 0 Å². The second-order valence-electron chi connectivity index (χ2n) is 7.88. The predicted octanol–water partition coefficient (Wildman–Crippen LogP) is 2.92. The Balaban J connectivity index is 1.57. The SMILES string of the molecule is CC(C)(C)c1ncc(C(=O)N2CCC(C(=O)N3CCCC3)CC2)s1. The number of aromatic nitrogens is 1. The Hall–Kier alpha value is -1.43. The normalized spacial score (nSPS) is 19.8. The molecule has 1 aromatic heterocycles. The van der Waals surface area contributed by atoms with Gasteiger partial charge in [0.15, 0.2) is 0 Å². The summed E-state index contributed by atoms with van der Waals surface area (Å²) in [5.74, 6) is 0.459. The Morgan fingerprint density at radius 3 is 2.25 bits per heavy atom. The summed E-state index contributed by atoms with van der Waals surface area (Å²) in [6, 6.07) is 0. The molecule has 2 aliphatic heterocycles. The van der Waals surface area contributed by atoms with Crippen molar-refractivity contribution in [3.63, 3.8) is 0 Å². The lowest BCUT2D eigenvalue weighted by Gasteiger charge is -2.32. The molecule has 0 bridgehead atoms. The highest BCUT2D eigenvalue weighted by molar-refractivity contribution is 7.13. The van der Waals surface area contributed by atoms with Gasteiger partial charge in [0.1, 0.15) is 4.88 Å². The van der Waals surface area contributed by atoms with Crippen molar-refractivity contribution in [3.05, 3.63) is 16.1 Å². The number of carbonyl (C=O) groups is 2. The molecule has 5 nitrogen and oxygen atoms in total. The van der Waals surface area contributed by atoms with Crippen LogP contribution in [0.2, 0.25) is 0 Å². The fourth-order valence-electron chi connectivity index (χ4n) is 3.40. The minimum Gasteiger partial charge on any atom is -0.342 e. The van der Waals surface area contributed by atoms with E-state index in [9.17, 15) is 9.59 Å². The molecule has 24 heavy (non-hydrogen) atoms. The van der Waals surface area contributed by atoms with Crippen LogP contribution in [0.4, 0.5) is 0 Å². The van der Waals surface area contributed by atoms with Crippen LogP contribution < -0.4 is 0 Å². The Morgan fingerprint density at radius 2 is 1.71 bits per heavy atom. The van der Waals surface area contributed by atoms with Crippen LogP contribution in [-0.2, 0) is 10.2 Å². The second kappa shape index (κ2) is 6.82. The first kappa shape index (κ1) is 17.4. The number of hydrogen-bond acceptors (Lipinski definition) is 4. The molecule has 2 amide bonds. The molecule has 3 heterocycles. The summed E-state index contributed by atoms with van der Waals surface area (Å²) < 4.78 is 0. The van der Waals surface area contributed by atoms with E-state index in [0.717, 1.165) is 43.8 Å². The molecule has 0 saturated carbocycles. The Bertz CT molecular complexity index is 606. The third-order valence-corrected chi connectivity index (χ3v) is 6.32. The Morgan fingerprint density at radius 1 is 1.08 bits per heavy atom. The van der Waals surface area contributed by atoms with Gasteiger partial charge in [0.25, 0.3) is 5.91 Å². The molecule has 3 rings (SSSR count). The van der Waals surface area contributed by atoms with E-state index in [1.807, 2.05) is 9.80 Å². The number of rotatable bonds is 2. The number of likely N-dealkylation sites (tertiary alicyclic amines) is 2. The third kappa shape index (κ3) is 3.63. The molecule has 0 aliphatic carbocycles. The largest absolute Gasteiger partial charge is 0.342 e. The van der Waals surface area contributed by atoms with E-state index in [-0.39, 0.29) is 17.2 Å². The highest BCUT2D eigenvalue weighted by Crippen LogP contribution is 2.29. The first-order chi connectivity index (χ1) is 11.4. The van der Waals surface area contributed by atoms with E-state index in [2.05, 4.69) is 25.8 Å². The first-order valence-electron chi connectivity index (χ1n) is 8.90. The molecule has 6 heteroatoms. The van der Waals surface area contributed by atoms with Crippen LogP contribution in [0.15, 0.2) is 6.20 Å². The fraction of sp³-hybridized carbons (Fsp3) is 0.722. The summed E-state index contributed by atoms with van der Waals surface area (Å²) in [6.45, 7) is 9.49. The van der Waals surface area contributed by atoms with Crippen molar-refractivity contribution in [2.45, 2.75) is 51.9 Å². The predicted molar refractivity (Wildman–Crippen MR) is 95.3 cm³/mol. The van der Waals surface area contributed by atoms with Gasteiger partial charge in [-0.25, -0.2) is 4.98 Å². The van der Waals surface area contributed by atoms with Gasteiger partial charge in [-0.3, -0.25) is 9.59 Å². The van der Waals surface area contributed by atoms with E-state index in [1.54, 1.807) is 6.20 Å². The topological polar surface area (TPSA) is 53.5 Å². The lowest BCUT2D eigenvalue weighted by Crippen LogP contribution is -2.43. The van der Waals surface area contributed by atoms with Gasteiger partial charge in [-0.05, 0) is 25.7 Å². The summed E-state index contributed by atoms with van der Waals surface area (Å²) in [7, 11) is 0. The Kier molecular flexibility index (Phi) is 4.95. The summed E-state index contributed by atoms with van der Waals surface area (Å²) in [5, 5.41) is 0.991. The highest BCUT2D eigenvalue weighted by atomic mass is 32.1. The van der Waals surface area contributed by atoms with Crippen molar-refractivity contribution >= 4 is 23.2 Å². The van der Waals surface area contributed by atoms with Gasteiger partial charge in [-0.15, -0.1) is 11.3 Å². The summed E-state index contributed by atoms with van der Waals surface area (Å²) in [5.41, 5.74) is -0.0294. The van der Waals surface area contributed by atoms with Gasteiger partial charge in [-0.2, -0.15) is 0 Å². The lowest BCUT2D eigenvalue weighted by molar-refractivity contribution is -0.135. The van der Waals surface area contributed by atoms with Gasteiger partial charge in [0, 0.05) is 37.5 Å². The zero-order valence-electron chi connectivity index (χ0n) is 14.9. The number of piperidine rings is 1. The quantitative estimate of drug-likeness (QED) is 0.825. The molecule has 2 aliphatic rings. The fourth-order valence-corrected chi connectivity index (χ4v) is 4.34. The highest BCUT2D eigenvalue weighted by Gasteiger charge is 2.32. The van der Waals surface area contributed by atoms with Crippen LogP contribution in [0.25, 0.3) is 0 Å². The monoisotopic (exact) mass is 349 g/mol. The molecule has 1 aromatic rings. The summed E-state index contributed by atoms with van der Waals surface area (Å²) in [4.78, 5) is 34.2. The van der Waals surface area contributed by atoms with E-state index >= 15 is 0 Å². The van der Waals surface area contributed by atoms with Gasteiger partial charge in [0.2, 0.25) is 5.91 Å². The van der Waals surface area contributed by atoms with E-state index in [4.69, 9.17) is 0 Å². The van der Waals surface area contributed by atoms with Crippen LogP contribution in [0.1, 0.15) is 61.1 Å². The standard InChI is InChI=1S/C18H27N3O2S/c1-18(2,3)17-19-12-14(24-17)16(23)21-10-6-13(7-11-21)15(22)20-8-4-5-9-20/h12-13H,4-11H2,1-3H3. The maximum atomic E-state index is 12.7. The second-order valence-corrected chi connectivity index (χ2v) is 8.91. The molecule has 0 atom stereocenters. The molecule has 0 radical (unpaired) electrons. The minimum atomic E-state index is -0.0294. The molecule has 0 N–H and O–H groups in total. The first-order valence-corrected chi connectivity index (χ1v) is 9.72. The van der Waals surface area contributed by atoms with Gasteiger partial charge in [-0.1, -0.05) is 20.8 Å². The molecular weight excluding hydrogens is 322 g/mol. The van der Waals surface area contributed by atoms with E-state index < -0.39 is 0 Å². The van der Waals surface area contributed by atoms with Crippen molar-refractivity contribution < 1.29 is 9.59 Å². The van der Waals surface area contributed by atoms with Gasteiger partial charge < -0.3 is 9.80 Å². The molecule has 0 spiro atoms. The van der Waals surface area contributed by atoms with Crippen LogP contribution in [0, 0.1) is 5.92 Å². The summed E-state index contributed by atoms with van der Waals surface area (Å²) in [6.07, 6.45) is 5.53. The summed E-state index contributed by atoms with van der Waals surface area (Å²) >= 11 is 1.49. The zero-order valence-corrected chi connectivity index (χ0v) is 15.7. The number of hydrogen-bond donors (Lipinski definition) is 0.